The predicted octanol–water partition coefficient (Wildman–Crippen LogP) is 4.35. The van der Waals surface area contributed by atoms with Gasteiger partial charge in [0.15, 0.2) is 0 Å². The maximum absolute atomic E-state index is 12.4. The van der Waals surface area contributed by atoms with E-state index in [0.717, 1.165) is 18.4 Å². The summed E-state index contributed by atoms with van der Waals surface area (Å²) in [4.78, 5) is 11.5. The lowest BCUT2D eigenvalue weighted by Crippen LogP contribution is -2.34. The van der Waals surface area contributed by atoms with Crippen LogP contribution in [0.5, 0.6) is 0 Å². The summed E-state index contributed by atoms with van der Waals surface area (Å²) < 4.78 is 32.6. The highest BCUT2D eigenvalue weighted by molar-refractivity contribution is 7.89. The Balaban J connectivity index is 2.45. The Morgan fingerprint density at radius 1 is 1.04 bits per heavy atom. The number of carbonyl (C=O) groups excluding carboxylic acids is 1. The first-order chi connectivity index (χ1) is 12.3. The van der Waals surface area contributed by atoms with Gasteiger partial charge in [-0.2, -0.15) is 0 Å². The van der Waals surface area contributed by atoms with Crippen LogP contribution in [-0.2, 0) is 19.6 Å². The molecular weight excluding hydrogens is 350 g/mol. The number of rotatable bonds is 13. The molecule has 0 heterocycles. The highest BCUT2D eigenvalue weighted by atomic mass is 32.2. The SMILES string of the molecule is CCCCCCCCCC(CNS(=O)(=O)c1ccc(C)cc1)OC(C)=O. The van der Waals surface area contributed by atoms with Gasteiger partial charge in [0, 0.05) is 13.5 Å². The first-order valence-electron chi connectivity index (χ1n) is 9.58. The third-order valence-corrected chi connectivity index (χ3v) is 5.73. The summed E-state index contributed by atoms with van der Waals surface area (Å²) in [5.41, 5.74) is 1.00. The largest absolute Gasteiger partial charge is 0.461 e. The molecule has 0 aliphatic heterocycles. The smallest absolute Gasteiger partial charge is 0.302 e. The first-order valence-corrected chi connectivity index (χ1v) is 11.1. The highest BCUT2D eigenvalue weighted by Gasteiger charge is 2.18. The quantitative estimate of drug-likeness (QED) is 0.406. The lowest BCUT2D eigenvalue weighted by atomic mass is 10.1. The van der Waals surface area contributed by atoms with Crippen LogP contribution in [0.25, 0.3) is 0 Å². The van der Waals surface area contributed by atoms with Crippen LogP contribution in [0.15, 0.2) is 29.2 Å². The standard InChI is InChI=1S/C20H33NO4S/c1-4-5-6-7-8-9-10-11-19(25-18(3)22)16-21-26(23,24)20-14-12-17(2)13-15-20/h12-15,19,21H,4-11,16H2,1-3H3. The summed E-state index contributed by atoms with van der Waals surface area (Å²) in [6, 6.07) is 6.68. The van der Waals surface area contributed by atoms with E-state index in [1.165, 1.54) is 39.0 Å². The van der Waals surface area contributed by atoms with Crippen molar-refractivity contribution < 1.29 is 17.9 Å². The second-order valence-corrected chi connectivity index (χ2v) is 8.57. The van der Waals surface area contributed by atoms with Crippen LogP contribution in [0.3, 0.4) is 0 Å². The fraction of sp³-hybridized carbons (Fsp3) is 0.650. The Morgan fingerprint density at radius 3 is 2.19 bits per heavy atom. The number of sulfonamides is 1. The molecule has 0 radical (unpaired) electrons. The molecule has 0 fully saturated rings. The van der Waals surface area contributed by atoms with Crippen molar-refractivity contribution in [3.05, 3.63) is 29.8 Å². The van der Waals surface area contributed by atoms with Gasteiger partial charge in [0.25, 0.3) is 0 Å². The van der Waals surface area contributed by atoms with Gasteiger partial charge in [-0.15, -0.1) is 0 Å². The van der Waals surface area contributed by atoms with Gasteiger partial charge >= 0.3 is 5.97 Å². The molecule has 148 valence electrons. The summed E-state index contributed by atoms with van der Waals surface area (Å²) in [7, 11) is -3.59. The van der Waals surface area contributed by atoms with Crippen LogP contribution in [0.2, 0.25) is 0 Å². The minimum atomic E-state index is -3.59. The normalized spacial score (nSPS) is 12.7. The van der Waals surface area contributed by atoms with Crippen LogP contribution in [0.4, 0.5) is 0 Å². The second-order valence-electron chi connectivity index (χ2n) is 6.81. The molecule has 1 N–H and O–H groups in total. The average molecular weight is 384 g/mol. The number of ether oxygens (including phenoxy) is 1. The van der Waals surface area contributed by atoms with Gasteiger partial charge in [-0.25, -0.2) is 13.1 Å². The maximum Gasteiger partial charge on any atom is 0.302 e. The topological polar surface area (TPSA) is 72.5 Å². The van der Waals surface area contributed by atoms with E-state index in [1.807, 2.05) is 6.92 Å². The Morgan fingerprint density at radius 2 is 1.62 bits per heavy atom. The molecule has 0 saturated heterocycles. The van der Waals surface area contributed by atoms with Gasteiger partial charge in [-0.1, -0.05) is 63.1 Å². The van der Waals surface area contributed by atoms with E-state index < -0.39 is 16.1 Å². The Kier molecular flexibility index (Phi) is 10.5. The van der Waals surface area contributed by atoms with Crippen molar-refractivity contribution in [3.63, 3.8) is 0 Å². The molecule has 0 aliphatic rings. The third kappa shape index (κ3) is 9.34. The minimum absolute atomic E-state index is 0.103. The molecule has 0 aliphatic carbocycles. The van der Waals surface area contributed by atoms with Crippen LogP contribution in [-0.4, -0.2) is 27.0 Å². The van der Waals surface area contributed by atoms with Crippen LogP contribution >= 0.6 is 0 Å². The molecule has 0 amide bonds. The van der Waals surface area contributed by atoms with E-state index in [2.05, 4.69) is 11.6 Å². The zero-order valence-electron chi connectivity index (χ0n) is 16.3. The molecule has 1 aromatic rings. The van der Waals surface area contributed by atoms with Crippen molar-refractivity contribution in [1.29, 1.82) is 0 Å². The minimum Gasteiger partial charge on any atom is -0.461 e. The number of hydrogen-bond acceptors (Lipinski definition) is 4. The lowest BCUT2D eigenvalue weighted by molar-refractivity contribution is -0.146. The predicted molar refractivity (Wildman–Crippen MR) is 105 cm³/mol. The highest BCUT2D eigenvalue weighted by Crippen LogP contribution is 2.13. The number of aryl methyl sites for hydroxylation is 1. The monoisotopic (exact) mass is 383 g/mol. The number of nitrogens with one attached hydrogen (secondary N) is 1. The molecule has 1 rings (SSSR count). The van der Waals surface area contributed by atoms with E-state index >= 15 is 0 Å². The summed E-state index contributed by atoms with van der Waals surface area (Å²) in [5.74, 6) is -0.382. The summed E-state index contributed by atoms with van der Waals surface area (Å²) in [6.45, 7) is 5.56. The van der Waals surface area contributed by atoms with Gasteiger partial charge in [0.2, 0.25) is 10.0 Å². The average Bonchev–Trinajstić information content (AvgIpc) is 2.58. The molecule has 0 saturated carbocycles. The molecule has 0 bridgehead atoms. The molecule has 0 spiro atoms. The summed E-state index contributed by atoms with van der Waals surface area (Å²) in [5, 5.41) is 0. The van der Waals surface area contributed by atoms with E-state index in [4.69, 9.17) is 4.74 Å². The molecule has 1 unspecified atom stereocenters. The summed E-state index contributed by atoms with van der Waals surface area (Å²) >= 11 is 0. The Bertz CT molecular complexity index is 626. The third-order valence-electron chi connectivity index (χ3n) is 4.29. The number of esters is 1. The fourth-order valence-corrected chi connectivity index (χ4v) is 3.84. The van der Waals surface area contributed by atoms with Crippen molar-refractivity contribution in [2.24, 2.45) is 0 Å². The van der Waals surface area contributed by atoms with Crippen molar-refractivity contribution >= 4 is 16.0 Å². The van der Waals surface area contributed by atoms with Gasteiger partial charge in [-0.3, -0.25) is 4.79 Å². The zero-order valence-corrected chi connectivity index (χ0v) is 17.1. The van der Waals surface area contributed by atoms with Crippen molar-refractivity contribution in [3.8, 4) is 0 Å². The Hall–Kier alpha value is -1.40. The van der Waals surface area contributed by atoms with E-state index in [-0.39, 0.29) is 17.4 Å². The summed E-state index contributed by atoms with van der Waals surface area (Å²) in [6.07, 6.45) is 8.41. The molecule has 5 nitrogen and oxygen atoms in total. The van der Waals surface area contributed by atoms with Crippen LogP contribution < -0.4 is 4.72 Å². The van der Waals surface area contributed by atoms with Crippen molar-refractivity contribution in [1.82, 2.24) is 4.72 Å². The fourth-order valence-electron chi connectivity index (χ4n) is 2.77. The molecule has 0 aromatic heterocycles. The van der Waals surface area contributed by atoms with E-state index in [0.29, 0.717) is 6.42 Å². The van der Waals surface area contributed by atoms with Crippen LogP contribution in [0, 0.1) is 6.92 Å². The molecular formula is C20H33NO4S. The van der Waals surface area contributed by atoms with Gasteiger partial charge in [-0.05, 0) is 31.9 Å². The number of hydrogen-bond donors (Lipinski definition) is 1. The second kappa shape index (κ2) is 12.1. The Labute approximate surface area is 158 Å². The van der Waals surface area contributed by atoms with Crippen LogP contribution in [0.1, 0.15) is 70.8 Å². The van der Waals surface area contributed by atoms with Gasteiger partial charge in [0.1, 0.15) is 6.10 Å². The van der Waals surface area contributed by atoms with Crippen molar-refractivity contribution in [2.75, 3.05) is 6.54 Å². The molecule has 1 atom stereocenters. The lowest BCUT2D eigenvalue weighted by Gasteiger charge is -2.18. The number of benzene rings is 1. The maximum atomic E-state index is 12.4. The van der Waals surface area contributed by atoms with Crippen molar-refractivity contribution in [2.45, 2.75) is 83.1 Å². The first kappa shape index (κ1) is 22.6. The molecule has 26 heavy (non-hydrogen) atoms. The number of carbonyl (C=O) groups is 1. The zero-order chi connectivity index (χ0) is 19.4. The molecule has 1 aromatic carbocycles. The number of unbranched alkanes of at least 4 members (excludes halogenated alkanes) is 6. The molecule has 6 heteroatoms. The van der Waals surface area contributed by atoms with E-state index in [9.17, 15) is 13.2 Å². The van der Waals surface area contributed by atoms with E-state index in [1.54, 1.807) is 24.3 Å². The van der Waals surface area contributed by atoms with Gasteiger partial charge < -0.3 is 4.74 Å². The van der Waals surface area contributed by atoms with Gasteiger partial charge in [0.05, 0.1) is 4.90 Å².